The molecule has 3 heteroatoms. The monoisotopic (exact) mass is 273 g/mol. The highest BCUT2D eigenvalue weighted by molar-refractivity contribution is 7.85. The molecule has 0 spiro atoms. The Kier molecular flexibility index (Phi) is 7.47. The van der Waals surface area contributed by atoms with E-state index in [2.05, 4.69) is 33.0 Å². The van der Waals surface area contributed by atoms with E-state index in [-0.39, 0.29) is 0 Å². The van der Waals surface area contributed by atoms with Crippen LogP contribution in [-0.4, -0.2) is 27.8 Å². The lowest BCUT2D eigenvalue weighted by Gasteiger charge is -2.22. The molecular formula is C15H31NOS. The molecule has 2 nitrogen and oxygen atoms in total. The van der Waals surface area contributed by atoms with E-state index in [4.69, 9.17) is 0 Å². The molecule has 0 bridgehead atoms. The Labute approximate surface area is 116 Å². The van der Waals surface area contributed by atoms with Gasteiger partial charge in [-0.15, -0.1) is 0 Å². The van der Waals surface area contributed by atoms with Gasteiger partial charge in [-0.2, -0.15) is 0 Å². The van der Waals surface area contributed by atoms with E-state index >= 15 is 0 Å². The zero-order valence-electron chi connectivity index (χ0n) is 12.6. The number of nitrogens with one attached hydrogen (secondary N) is 1. The van der Waals surface area contributed by atoms with Crippen molar-refractivity contribution in [3.8, 4) is 0 Å². The Morgan fingerprint density at radius 2 is 2.00 bits per heavy atom. The second-order valence-corrected chi connectivity index (χ2v) is 7.99. The highest BCUT2D eigenvalue weighted by Gasteiger charge is 2.27. The average Bonchev–Trinajstić information content (AvgIpc) is 2.79. The molecule has 0 aromatic heterocycles. The molecule has 0 radical (unpaired) electrons. The minimum absolute atomic E-state index is 0.341. The van der Waals surface area contributed by atoms with Gasteiger partial charge in [0.25, 0.3) is 0 Å². The highest BCUT2D eigenvalue weighted by atomic mass is 32.2. The van der Waals surface area contributed by atoms with E-state index in [9.17, 15) is 4.21 Å². The Morgan fingerprint density at radius 3 is 2.61 bits per heavy atom. The van der Waals surface area contributed by atoms with Gasteiger partial charge in [0.15, 0.2) is 0 Å². The van der Waals surface area contributed by atoms with E-state index in [1.807, 2.05) is 0 Å². The predicted octanol–water partition coefficient (Wildman–Crippen LogP) is 3.34. The Morgan fingerprint density at radius 1 is 1.28 bits per heavy atom. The first kappa shape index (κ1) is 16.2. The van der Waals surface area contributed by atoms with Gasteiger partial charge in [-0.3, -0.25) is 4.21 Å². The SMILES string of the molecule is CCCNC1CCCC1CCS(=O)C(C)C(C)C. The number of hydrogen-bond donors (Lipinski definition) is 1. The second-order valence-electron chi connectivity index (χ2n) is 6.07. The van der Waals surface area contributed by atoms with Gasteiger partial charge in [0.1, 0.15) is 0 Å². The van der Waals surface area contributed by atoms with Gasteiger partial charge in [0.05, 0.1) is 0 Å². The van der Waals surface area contributed by atoms with Crippen LogP contribution < -0.4 is 5.32 Å². The van der Waals surface area contributed by atoms with Crippen molar-refractivity contribution in [2.75, 3.05) is 12.3 Å². The third-order valence-corrected chi connectivity index (χ3v) is 6.37. The molecule has 0 heterocycles. The van der Waals surface area contributed by atoms with Gasteiger partial charge in [0.2, 0.25) is 0 Å². The summed E-state index contributed by atoms with van der Waals surface area (Å²) >= 11 is 0. The van der Waals surface area contributed by atoms with Crippen molar-refractivity contribution in [2.45, 2.75) is 71.1 Å². The van der Waals surface area contributed by atoms with Gasteiger partial charge < -0.3 is 5.32 Å². The summed E-state index contributed by atoms with van der Waals surface area (Å²) in [7, 11) is -0.639. The van der Waals surface area contributed by atoms with Crippen LogP contribution >= 0.6 is 0 Å². The molecule has 1 rings (SSSR count). The molecule has 0 aliphatic heterocycles. The van der Waals surface area contributed by atoms with Crippen molar-refractivity contribution in [1.29, 1.82) is 0 Å². The zero-order chi connectivity index (χ0) is 13.5. The van der Waals surface area contributed by atoms with Crippen LogP contribution in [0.1, 0.15) is 59.8 Å². The second kappa shape index (κ2) is 8.31. The summed E-state index contributed by atoms with van der Waals surface area (Å²) in [4.78, 5) is 0. The van der Waals surface area contributed by atoms with Crippen LogP contribution in [-0.2, 0) is 10.8 Å². The maximum absolute atomic E-state index is 12.2. The summed E-state index contributed by atoms with van der Waals surface area (Å²) in [5, 5.41) is 4.00. The lowest BCUT2D eigenvalue weighted by atomic mass is 10.0. The quantitative estimate of drug-likeness (QED) is 0.735. The summed E-state index contributed by atoms with van der Waals surface area (Å²) in [5.74, 6) is 2.19. The van der Waals surface area contributed by atoms with E-state index in [0.717, 1.165) is 24.6 Å². The van der Waals surface area contributed by atoms with Gasteiger partial charge in [-0.05, 0) is 44.1 Å². The molecule has 1 N–H and O–H groups in total. The average molecular weight is 273 g/mol. The first-order valence-corrected chi connectivity index (χ1v) is 9.05. The molecule has 0 aromatic rings. The number of rotatable bonds is 8. The molecule has 0 saturated heterocycles. The number of hydrogen-bond acceptors (Lipinski definition) is 2. The summed E-state index contributed by atoms with van der Waals surface area (Å²) in [5.41, 5.74) is 0. The third kappa shape index (κ3) is 5.00. The standard InChI is InChI=1S/C15H31NOS/c1-5-10-16-15-8-6-7-14(15)9-11-18(17)13(4)12(2)3/h12-16H,5-11H2,1-4H3. The van der Waals surface area contributed by atoms with Crippen molar-refractivity contribution < 1.29 is 4.21 Å². The predicted molar refractivity (Wildman–Crippen MR) is 81.3 cm³/mol. The minimum atomic E-state index is -0.639. The maximum Gasteiger partial charge on any atom is 0.0342 e. The lowest BCUT2D eigenvalue weighted by Crippen LogP contribution is -2.34. The van der Waals surface area contributed by atoms with Crippen LogP contribution in [0.5, 0.6) is 0 Å². The summed E-state index contributed by atoms with van der Waals surface area (Å²) in [6.45, 7) is 9.82. The first-order chi connectivity index (χ1) is 8.56. The molecule has 0 aromatic carbocycles. The molecule has 1 saturated carbocycles. The van der Waals surface area contributed by atoms with E-state index in [0.29, 0.717) is 17.2 Å². The lowest BCUT2D eigenvalue weighted by molar-refractivity contribution is 0.392. The fourth-order valence-electron chi connectivity index (χ4n) is 2.74. The molecular weight excluding hydrogens is 242 g/mol. The summed E-state index contributed by atoms with van der Waals surface area (Å²) < 4.78 is 12.2. The summed E-state index contributed by atoms with van der Waals surface area (Å²) in [6, 6.07) is 0.691. The van der Waals surface area contributed by atoms with Gasteiger partial charge in [0, 0.05) is 27.8 Å². The van der Waals surface area contributed by atoms with Crippen LogP contribution in [0.25, 0.3) is 0 Å². The van der Waals surface area contributed by atoms with Crippen molar-refractivity contribution in [2.24, 2.45) is 11.8 Å². The molecule has 0 amide bonds. The Hall–Kier alpha value is 0.110. The normalized spacial score (nSPS) is 27.6. The fraction of sp³-hybridized carbons (Fsp3) is 1.00. The van der Waals surface area contributed by atoms with Gasteiger partial charge >= 0.3 is 0 Å². The van der Waals surface area contributed by atoms with E-state index < -0.39 is 10.8 Å². The zero-order valence-corrected chi connectivity index (χ0v) is 13.4. The van der Waals surface area contributed by atoms with E-state index in [1.54, 1.807) is 0 Å². The minimum Gasteiger partial charge on any atom is -0.314 e. The Bertz CT molecular complexity index is 255. The van der Waals surface area contributed by atoms with Crippen LogP contribution in [0.2, 0.25) is 0 Å². The van der Waals surface area contributed by atoms with Crippen molar-refractivity contribution in [1.82, 2.24) is 5.32 Å². The van der Waals surface area contributed by atoms with Crippen LogP contribution in [0, 0.1) is 11.8 Å². The van der Waals surface area contributed by atoms with Crippen molar-refractivity contribution >= 4 is 10.8 Å². The topological polar surface area (TPSA) is 29.1 Å². The maximum atomic E-state index is 12.2. The largest absolute Gasteiger partial charge is 0.314 e. The molecule has 1 aliphatic carbocycles. The smallest absolute Gasteiger partial charge is 0.0342 e. The van der Waals surface area contributed by atoms with Crippen LogP contribution in [0.4, 0.5) is 0 Å². The molecule has 18 heavy (non-hydrogen) atoms. The highest BCUT2D eigenvalue weighted by Crippen LogP contribution is 2.29. The fourth-order valence-corrected chi connectivity index (χ4v) is 4.25. The summed E-state index contributed by atoms with van der Waals surface area (Å²) in [6.07, 6.45) is 6.34. The van der Waals surface area contributed by atoms with Gasteiger partial charge in [-0.25, -0.2) is 0 Å². The van der Waals surface area contributed by atoms with E-state index in [1.165, 1.54) is 25.7 Å². The molecule has 4 atom stereocenters. The first-order valence-electron chi connectivity index (χ1n) is 7.66. The molecule has 1 aliphatic rings. The van der Waals surface area contributed by atoms with Crippen molar-refractivity contribution in [3.63, 3.8) is 0 Å². The molecule has 4 unspecified atom stereocenters. The Balaban J connectivity index is 2.31. The van der Waals surface area contributed by atoms with Crippen LogP contribution in [0.3, 0.4) is 0 Å². The molecule has 1 fully saturated rings. The van der Waals surface area contributed by atoms with Gasteiger partial charge in [-0.1, -0.05) is 34.1 Å². The third-order valence-electron chi connectivity index (χ3n) is 4.36. The van der Waals surface area contributed by atoms with Crippen molar-refractivity contribution in [3.05, 3.63) is 0 Å². The molecule has 108 valence electrons. The van der Waals surface area contributed by atoms with Crippen LogP contribution in [0.15, 0.2) is 0 Å².